The van der Waals surface area contributed by atoms with Crippen LogP contribution in [0.3, 0.4) is 0 Å². The predicted molar refractivity (Wildman–Crippen MR) is 220 cm³/mol. The molecule has 11 heteroatoms. The van der Waals surface area contributed by atoms with Crippen molar-refractivity contribution in [2.45, 2.75) is 184 Å². The first-order valence-corrected chi connectivity index (χ1v) is 21.0. The van der Waals surface area contributed by atoms with Gasteiger partial charge in [-0.25, -0.2) is 0 Å². The number of ketones is 2. The molecule has 1 fully saturated rings. The fraction of sp³-hybridized carbons (Fsp3) is 0.689. The van der Waals surface area contributed by atoms with Gasteiger partial charge >= 0.3 is 0 Å². The lowest BCUT2D eigenvalue weighted by Crippen LogP contribution is -2.83. The minimum absolute atomic E-state index is 0.229. The summed E-state index contributed by atoms with van der Waals surface area (Å²) in [5.74, 6) is -5.92. The maximum absolute atomic E-state index is 13.8. The van der Waals surface area contributed by atoms with Crippen molar-refractivity contribution in [3.63, 3.8) is 0 Å². The van der Waals surface area contributed by atoms with Gasteiger partial charge in [-0.05, 0) is 77.0 Å². The molecule has 1 aliphatic heterocycles. The molecule has 0 spiro atoms. The molecular formula is C45H74O11. The standard InChI is InChI=1S/C45H74O11/c1-3-5-7-9-11-13-15-17-19-21-23-25-27-29-31-33-38(48)44(54,43(53,36-47)45(55)42(52)41(51)40(50)37(35-46)56-45)39(49)34-32-30-28-26-24-22-20-18-16-14-12-10-8-6-4-2/h5-8,11-14,17-20,37,40-42,46-47,50-55H,3-4,9-10,15-16,21-36H2,1-2H3/b7-5+,8-6+,13-11+,14-12+,19-17+,20-18+/t37-,40+,41+,42-,43?,45+/m1/s1. The van der Waals surface area contributed by atoms with E-state index in [2.05, 4.69) is 86.8 Å². The summed E-state index contributed by atoms with van der Waals surface area (Å²) in [6.07, 6.45) is 30.4. The van der Waals surface area contributed by atoms with Crippen molar-refractivity contribution in [2.75, 3.05) is 13.2 Å². The Labute approximate surface area is 335 Å². The lowest BCUT2D eigenvalue weighted by Gasteiger charge is -2.55. The van der Waals surface area contributed by atoms with E-state index in [1.165, 1.54) is 0 Å². The zero-order valence-electron chi connectivity index (χ0n) is 34.1. The van der Waals surface area contributed by atoms with Gasteiger partial charge in [-0.2, -0.15) is 0 Å². The smallest absolute Gasteiger partial charge is 0.231 e. The highest BCUT2D eigenvalue weighted by Crippen LogP contribution is 2.44. The van der Waals surface area contributed by atoms with Crippen LogP contribution in [0, 0.1) is 0 Å². The number of Topliss-reactive ketones (excluding diaryl/α,β-unsaturated/α-hetero) is 2. The van der Waals surface area contributed by atoms with Crippen molar-refractivity contribution >= 4 is 11.6 Å². The van der Waals surface area contributed by atoms with E-state index in [0.717, 1.165) is 89.9 Å². The van der Waals surface area contributed by atoms with Gasteiger partial charge in [-0.15, -0.1) is 0 Å². The predicted octanol–water partition coefficient (Wildman–Crippen LogP) is 5.92. The Morgan fingerprint density at radius 1 is 0.571 bits per heavy atom. The first kappa shape index (κ1) is 51.4. The van der Waals surface area contributed by atoms with Gasteiger partial charge in [0, 0.05) is 12.8 Å². The Balaban J connectivity index is 2.85. The van der Waals surface area contributed by atoms with Gasteiger partial charge in [0.15, 0.2) is 17.2 Å². The van der Waals surface area contributed by atoms with Crippen molar-refractivity contribution in [1.82, 2.24) is 0 Å². The SMILES string of the molecule is CC/C=C/C/C=C/C/C=C/CCCCCCCC(=O)C(O)(C(=O)CCCCCCC/C=C/C/C=C/C/C=C/CC)C(O)(CO)[C@@]1(O)O[C@H](CO)[C@H](O)[C@H](O)[C@H]1O. The summed E-state index contributed by atoms with van der Waals surface area (Å²) in [6, 6.07) is 0. The van der Waals surface area contributed by atoms with Crippen LogP contribution >= 0.6 is 0 Å². The Hall–Kier alpha value is -2.58. The van der Waals surface area contributed by atoms with Gasteiger partial charge in [0.2, 0.25) is 11.4 Å². The van der Waals surface area contributed by atoms with E-state index in [4.69, 9.17) is 4.74 Å². The van der Waals surface area contributed by atoms with Crippen LogP contribution in [0.4, 0.5) is 0 Å². The van der Waals surface area contributed by atoms with Gasteiger partial charge < -0.3 is 45.6 Å². The highest BCUT2D eigenvalue weighted by molar-refractivity contribution is 6.11. The monoisotopic (exact) mass is 791 g/mol. The van der Waals surface area contributed by atoms with Gasteiger partial charge in [0.1, 0.15) is 24.4 Å². The lowest BCUT2D eigenvalue weighted by atomic mass is 9.66. The molecule has 1 heterocycles. The number of aliphatic hydroxyl groups is 8. The van der Waals surface area contributed by atoms with Crippen LogP contribution in [0.1, 0.15) is 142 Å². The summed E-state index contributed by atoms with van der Waals surface area (Å²) in [6.45, 7) is 1.55. The molecular weight excluding hydrogens is 716 g/mol. The van der Waals surface area contributed by atoms with Crippen molar-refractivity contribution in [3.8, 4) is 0 Å². The summed E-state index contributed by atoms with van der Waals surface area (Å²) in [7, 11) is 0. The van der Waals surface area contributed by atoms with Crippen molar-refractivity contribution in [3.05, 3.63) is 72.9 Å². The third-order valence-corrected chi connectivity index (χ3v) is 10.3. The molecule has 0 radical (unpaired) electrons. The van der Waals surface area contributed by atoms with Crippen LogP contribution in [0.25, 0.3) is 0 Å². The third-order valence-electron chi connectivity index (χ3n) is 10.3. The molecule has 0 aromatic carbocycles. The molecule has 1 rings (SSSR count). The molecule has 320 valence electrons. The topological polar surface area (TPSA) is 205 Å². The highest BCUT2D eigenvalue weighted by atomic mass is 16.7. The lowest BCUT2D eigenvalue weighted by molar-refractivity contribution is -0.418. The van der Waals surface area contributed by atoms with E-state index in [1.54, 1.807) is 0 Å². The number of aliphatic hydroxyl groups excluding tert-OH is 5. The molecule has 0 amide bonds. The quantitative estimate of drug-likeness (QED) is 0.0228. The van der Waals surface area contributed by atoms with E-state index in [-0.39, 0.29) is 12.8 Å². The summed E-state index contributed by atoms with van der Waals surface area (Å²) in [5, 5.41) is 87.0. The average Bonchev–Trinajstić information content (AvgIpc) is 3.20. The Kier molecular flexibility index (Phi) is 27.2. The van der Waals surface area contributed by atoms with E-state index in [1.807, 2.05) is 0 Å². The first-order valence-electron chi connectivity index (χ1n) is 21.0. The number of rotatable bonds is 32. The number of hydrogen-bond acceptors (Lipinski definition) is 11. The van der Waals surface area contributed by atoms with Crippen molar-refractivity contribution in [2.24, 2.45) is 0 Å². The summed E-state index contributed by atoms with van der Waals surface area (Å²) < 4.78 is 5.23. The molecule has 0 aromatic heterocycles. The molecule has 0 saturated carbocycles. The second kappa shape index (κ2) is 29.6. The number of allylic oxidation sites excluding steroid dienone is 12. The summed E-state index contributed by atoms with van der Waals surface area (Å²) in [4.78, 5) is 27.6. The van der Waals surface area contributed by atoms with Crippen LogP contribution < -0.4 is 0 Å². The minimum atomic E-state index is -3.58. The molecule has 8 N–H and O–H groups in total. The molecule has 11 nitrogen and oxygen atoms in total. The van der Waals surface area contributed by atoms with Gasteiger partial charge in [0.05, 0.1) is 13.2 Å². The van der Waals surface area contributed by atoms with Crippen LogP contribution in [-0.4, -0.2) is 107 Å². The maximum atomic E-state index is 13.8. The van der Waals surface area contributed by atoms with Crippen LogP contribution in [0.15, 0.2) is 72.9 Å². The largest absolute Gasteiger partial charge is 0.394 e. The number of ether oxygens (including phenoxy) is 1. The second-order valence-corrected chi connectivity index (χ2v) is 14.7. The zero-order valence-corrected chi connectivity index (χ0v) is 34.1. The maximum Gasteiger partial charge on any atom is 0.231 e. The number of unbranched alkanes of at least 4 members (excludes halogenated alkanes) is 10. The Morgan fingerprint density at radius 3 is 1.34 bits per heavy atom. The number of carbonyl (C=O) groups excluding carboxylic acids is 2. The van der Waals surface area contributed by atoms with Gasteiger partial charge in [-0.3, -0.25) is 9.59 Å². The van der Waals surface area contributed by atoms with E-state index in [9.17, 15) is 50.4 Å². The first-order chi connectivity index (χ1) is 26.9. The van der Waals surface area contributed by atoms with Gasteiger partial charge in [-0.1, -0.05) is 125 Å². The van der Waals surface area contributed by atoms with E-state index in [0.29, 0.717) is 12.8 Å². The molecule has 1 unspecified atom stereocenters. The fourth-order valence-electron chi connectivity index (χ4n) is 6.77. The molecule has 1 aliphatic rings. The molecule has 0 aliphatic carbocycles. The van der Waals surface area contributed by atoms with Crippen LogP contribution in [-0.2, 0) is 14.3 Å². The van der Waals surface area contributed by atoms with Crippen LogP contribution in [0.2, 0.25) is 0 Å². The van der Waals surface area contributed by atoms with Crippen molar-refractivity contribution in [1.29, 1.82) is 0 Å². The third kappa shape index (κ3) is 16.3. The summed E-state index contributed by atoms with van der Waals surface area (Å²) >= 11 is 0. The minimum Gasteiger partial charge on any atom is -0.394 e. The van der Waals surface area contributed by atoms with E-state index < -0.39 is 79.0 Å². The fourth-order valence-corrected chi connectivity index (χ4v) is 6.77. The molecule has 0 bridgehead atoms. The number of carbonyl (C=O) groups is 2. The highest BCUT2D eigenvalue weighted by Gasteiger charge is 2.74. The van der Waals surface area contributed by atoms with Gasteiger partial charge in [0.25, 0.3) is 0 Å². The normalized spacial score (nSPS) is 23.5. The Morgan fingerprint density at radius 2 is 0.946 bits per heavy atom. The molecule has 56 heavy (non-hydrogen) atoms. The molecule has 1 saturated heterocycles. The second-order valence-electron chi connectivity index (χ2n) is 14.7. The molecule has 6 atom stereocenters. The number of hydrogen-bond donors (Lipinski definition) is 8. The average molecular weight is 791 g/mol. The molecule has 0 aromatic rings. The summed E-state index contributed by atoms with van der Waals surface area (Å²) in [5.41, 5.74) is -7.04. The van der Waals surface area contributed by atoms with Crippen LogP contribution in [0.5, 0.6) is 0 Å². The van der Waals surface area contributed by atoms with Crippen molar-refractivity contribution < 1.29 is 55.2 Å². The Bertz CT molecular complexity index is 1190. The van der Waals surface area contributed by atoms with E-state index >= 15 is 0 Å². The zero-order chi connectivity index (χ0) is 41.7.